The van der Waals surface area contributed by atoms with E-state index in [1.807, 2.05) is 6.92 Å². The number of ether oxygens (including phenoxy) is 1. The fourth-order valence-corrected chi connectivity index (χ4v) is 2.28. The summed E-state index contributed by atoms with van der Waals surface area (Å²) in [6.07, 6.45) is 1.86. The number of carbonyl (C=O) groups is 3. The molecule has 0 spiro atoms. The Labute approximate surface area is 134 Å². The molecule has 2 amide bonds. The van der Waals surface area contributed by atoms with Gasteiger partial charge in [0.15, 0.2) is 6.61 Å². The van der Waals surface area contributed by atoms with E-state index < -0.39 is 5.97 Å². The van der Waals surface area contributed by atoms with Gasteiger partial charge in [0, 0.05) is 13.6 Å². The average molecular weight is 320 g/mol. The zero-order chi connectivity index (χ0) is 17.0. The summed E-state index contributed by atoms with van der Waals surface area (Å²) >= 11 is 0. The molecular weight excluding hydrogens is 300 g/mol. The Morgan fingerprint density at radius 2 is 2.13 bits per heavy atom. The minimum Gasteiger partial charge on any atom is -0.482 e. The van der Waals surface area contributed by atoms with Gasteiger partial charge in [-0.3, -0.25) is 14.5 Å². The van der Waals surface area contributed by atoms with Crippen LogP contribution in [0.1, 0.15) is 30.1 Å². The first kappa shape index (κ1) is 16.8. The van der Waals surface area contributed by atoms with Gasteiger partial charge in [0.25, 0.3) is 5.91 Å². The van der Waals surface area contributed by atoms with Crippen molar-refractivity contribution in [3.05, 3.63) is 23.8 Å². The number of benzene rings is 1. The van der Waals surface area contributed by atoms with E-state index in [-0.39, 0.29) is 30.5 Å². The van der Waals surface area contributed by atoms with Gasteiger partial charge in [-0.05, 0) is 24.6 Å². The molecule has 7 heteroatoms. The highest BCUT2D eigenvalue weighted by Crippen LogP contribution is 2.33. The van der Waals surface area contributed by atoms with E-state index in [2.05, 4.69) is 0 Å². The summed E-state index contributed by atoms with van der Waals surface area (Å²) in [6.45, 7) is 2.37. The molecule has 0 radical (unpaired) electrons. The fraction of sp³-hybridized carbons (Fsp3) is 0.438. The summed E-state index contributed by atoms with van der Waals surface area (Å²) in [5.74, 6) is -1.26. The minimum absolute atomic E-state index is 0.0406. The van der Waals surface area contributed by atoms with Gasteiger partial charge in [-0.2, -0.15) is 0 Å². The van der Waals surface area contributed by atoms with Crippen LogP contribution >= 0.6 is 0 Å². The third kappa shape index (κ3) is 3.80. The van der Waals surface area contributed by atoms with E-state index in [1.54, 1.807) is 11.9 Å². The highest BCUT2D eigenvalue weighted by molar-refractivity contribution is 6.03. The minimum atomic E-state index is -1.10. The van der Waals surface area contributed by atoms with Crippen molar-refractivity contribution in [3.8, 4) is 5.75 Å². The summed E-state index contributed by atoms with van der Waals surface area (Å²) in [4.78, 5) is 38.3. The van der Waals surface area contributed by atoms with Gasteiger partial charge >= 0.3 is 5.97 Å². The van der Waals surface area contributed by atoms with Crippen LogP contribution in [0.2, 0.25) is 0 Å². The maximum Gasteiger partial charge on any atom is 0.335 e. The molecule has 0 aromatic heterocycles. The van der Waals surface area contributed by atoms with Crippen molar-refractivity contribution in [2.24, 2.45) is 0 Å². The van der Waals surface area contributed by atoms with Crippen molar-refractivity contribution >= 4 is 23.5 Å². The van der Waals surface area contributed by atoms with Crippen LogP contribution in [-0.4, -0.2) is 54.5 Å². The molecule has 7 nitrogen and oxygen atoms in total. The van der Waals surface area contributed by atoms with E-state index in [1.165, 1.54) is 23.1 Å². The highest BCUT2D eigenvalue weighted by atomic mass is 16.5. The highest BCUT2D eigenvalue weighted by Gasteiger charge is 2.29. The Hall–Kier alpha value is -2.57. The molecule has 0 saturated carbocycles. The number of rotatable bonds is 6. The molecule has 0 bridgehead atoms. The molecule has 1 aromatic rings. The van der Waals surface area contributed by atoms with Crippen molar-refractivity contribution < 1.29 is 24.2 Å². The molecule has 124 valence electrons. The third-order valence-electron chi connectivity index (χ3n) is 3.72. The molecule has 0 fully saturated rings. The number of anilines is 1. The molecule has 1 N–H and O–H groups in total. The number of carbonyl (C=O) groups excluding carboxylic acids is 2. The Morgan fingerprint density at radius 3 is 2.78 bits per heavy atom. The number of hydrogen-bond acceptors (Lipinski definition) is 4. The maximum absolute atomic E-state index is 12.3. The number of unbranched alkanes of at least 4 members (excludes halogenated alkanes) is 1. The van der Waals surface area contributed by atoms with Crippen molar-refractivity contribution in [1.29, 1.82) is 0 Å². The van der Waals surface area contributed by atoms with Gasteiger partial charge in [0.1, 0.15) is 12.3 Å². The predicted octanol–water partition coefficient (Wildman–Crippen LogP) is 1.37. The van der Waals surface area contributed by atoms with E-state index in [4.69, 9.17) is 9.84 Å². The molecule has 0 aliphatic carbocycles. The molecule has 0 unspecified atom stereocenters. The molecule has 1 aliphatic rings. The molecule has 1 aromatic carbocycles. The quantitative estimate of drug-likeness (QED) is 0.855. The van der Waals surface area contributed by atoms with Gasteiger partial charge in [0.2, 0.25) is 5.91 Å². The van der Waals surface area contributed by atoms with E-state index >= 15 is 0 Å². The van der Waals surface area contributed by atoms with Crippen LogP contribution in [0.25, 0.3) is 0 Å². The van der Waals surface area contributed by atoms with Crippen molar-refractivity contribution in [3.63, 3.8) is 0 Å². The zero-order valence-electron chi connectivity index (χ0n) is 13.2. The summed E-state index contributed by atoms with van der Waals surface area (Å²) < 4.78 is 5.30. The molecule has 1 aliphatic heterocycles. The van der Waals surface area contributed by atoms with Crippen LogP contribution in [0.3, 0.4) is 0 Å². The van der Waals surface area contributed by atoms with Crippen LogP contribution in [0.4, 0.5) is 5.69 Å². The molecule has 0 atom stereocenters. The van der Waals surface area contributed by atoms with Crippen LogP contribution in [-0.2, 0) is 9.59 Å². The molecule has 2 rings (SSSR count). The summed E-state index contributed by atoms with van der Waals surface area (Å²) in [5.41, 5.74) is 0.359. The second-order valence-electron chi connectivity index (χ2n) is 5.43. The Kier molecular flexibility index (Phi) is 5.20. The van der Waals surface area contributed by atoms with Gasteiger partial charge < -0.3 is 14.7 Å². The Bertz CT molecular complexity index is 629. The van der Waals surface area contributed by atoms with E-state index in [0.717, 1.165) is 12.8 Å². The monoisotopic (exact) mass is 320 g/mol. The Morgan fingerprint density at radius 1 is 1.39 bits per heavy atom. The second-order valence-corrected chi connectivity index (χ2v) is 5.43. The van der Waals surface area contributed by atoms with Gasteiger partial charge in [0.05, 0.1) is 11.3 Å². The topological polar surface area (TPSA) is 87.2 Å². The number of aromatic carboxylic acids is 1. The standard InChI is InChI=1S/C16H20N2O5/c1-3-4-7-17(2)14(19)9-18-12-8-11(16(21)22)5-6-13(12)23-10-15(18)20/h5-6,8H,3-4,7,9-10H2,1-2H3,(H,21,22). The van der Waals surface area contributed by atoms with Crippen molar-refractivity contribution in [2.45, 2.75) is 19.8 Å². The average Bonchev–Trinajstić information content (AvgIpc) is 2.54. The largest absolute Gasteiger partial charge is 0.482 e. The fourth-order valence-electron chi connectivity index (χ4n) is 2.28. The number of carboxylic acids is 1. The van der Waals surface area contributed by atoms with Crippen LogP contribution in [0.5, 0.6) is 5.75 Å². The maximum atomic E-state index is 12.3. The number of fused-ring (bicyclic) bond motifs is 1. The summed E-state index contributed by atoms with van der Waals surface area (Å²) in [5, 5.41) is 9.09. The summed E-state index contributed by atoms with van der Waals surface area (Å²) in [7, 11) is 1.69. The lowest BCUT2D eigenvalue weighted by Gasteiger charge is -2.30. The molecule has 23 heavy (non-hydrogen) atoms. The number of nitrogens with zero attached hydrogens (tertiary/aromatic N) is 2. The smallest absolute Gasteiger partial charge is 0.335 e. The number of hydrogen-bond donors (Lipinski definition) is 1. The van der Waals surface area contributed by atoms with Gasteiger partial charge in [-0.15, -0.1) is 0 Å². The number of amides is 2. The van der Waals surface area contributed by atoms with Crippen LogP contribution in [0, 0.1) is 0 Å². The normalized spacial score (nSPS) is 13.3. The van der Waals surface area contributed by atoms with Crippen molar-refractivity contribution in [2.75, 3.05) is 31.6 Å². The Balaban J connectivity index is 2.22. The third-order valence-corrected chi connectivity index (χ3v) is 3.72. The molecule has 1 heterocycles. The van der Waals surface area contributed by atoms with Gasteiger partial charge in [-0.1, -0.05) is 13.3 Å². The summed E-state index contributed by atoms with van der Waals surface area (Å²) in [6, 6.07) is 4.27. The first-order valence-electron chi connectivity index (χ1n) is 7.48. The lowest BCUT2D eigenvalue weighted by atomic mass is 10.1. The van der Waals surface area contributed by atoms with Crippen LogP contribution in [0.15, 0.2) is 18.2 Å². The second kappa shape index (κ2) is 7.13. The SMILES string of the molecule is CCCCN(C)C(=O)CN1C(=O)COc2ccc(C(=O)O)cc21. The van der Waals surface area contributed by atoms with Crippen LogP contribution < -0.4 is 9.64 Å². The molecular formula is C16H20N2O5. The lowest BCUT2D eigenvalue weighted by molar-refractivity contribution is -0.131. The van der Waals surface area contributed by atoms with Gasteiger partial charge in [-0.25, -0.2) is 4.79 Å². The number of carboxylic acid groups (broad SMARTS) is 1. The number of likely N-dealkylation sites (N-methyl/N-ethyl adjacent to an activating group) is 1. The zero-order valence-corrected chi connectivity index (χ0v) is 13.2. The lowest BCUT2D eigenvalue weighted by Crippen LogP contribution is -2.45. The first-order valence-corrected chi connectivity index (χ1v) is 7.48. The van der Waals surface area contributed by atoms with Crippen molar-refractivity contribution in [1.82, 2.24) is 4.90 Å². The van der Waals surface area contributed by atoms with E-state index in [0.29, 0.717) is 18.0 Å². The van der Waals surface area contributed by atoms with E-state index in [9.17, 15) is 14.4 Å². The molecule has 0 saturated heterocycles. The predicted molar refractivity (Wildman–Crippen MR) is 83.8 cm³/mol. The first-order chi connectivity index (χ1) is 10.9.